The van der Waals surface area contributed by atoms with Gasteiger partial charge in [-0.05, 0) is 30.6 Å². The van der Waals surface area contributed by atoms with Crippen LogP contribution < -0.4 is 11.3 Å². The molecule has 0 aliphatic rings. The molecular formula is C12H13N5S2. The maximum Gasteiger partial charge on any atom is 0.0958 e. The molecule has 0 aliphatic carbocycles. The van der Waals surface area contributed by atoms with Crippen molar-refractivity contribution in [2.45, 2.75) is 19.4 Å². The Morgan fingerprint density at radius 3 is 2.89 bits per heavy atom. The second kappa shape index (κ2) is 5.30. The number of fused-ring (bicyclic) bond motifs is 1. The Labute approximate surface area is 118 Å². The van der Waals surface area contributed by atoms with Gasteiger partial charge in [0.2, 0.25) is 0 Å². The molecule has 0 spiro atoms. The molecule has 7 heteroatoms. The van der Waals surface area contributed by atoms with Gasteiger partial charge in [-0.2, -0.15) is 0 Å². The number of para-hydroxylation sites is 1. The van der Waals surface area contributed by atoms with E-state index in [2.05, 4.69) is 26.1 Å². The molecule has 98 valence electrons. The minimum absolute atomic E-state index is 0.0144. The van der Waals surface area contributed by atoms with Crippen LogP contribution in [0.5, 0.6) is 0 Å². The number of aromatic nitrogens is 3. The molecule has 2 aromatic heterocycles. The number of nitrogens with one attached hydrogen (secondary N) is 1. The standard InChI is InChI=1S/C12H13N5S2/c1-7-12(19-17-16-7)9(15-13)6-11-14-8-4-2-3-5-10(8)18-11/h2-5,9,15H,6,13H2,1H3. The molecule has 3 aromatic rings. The Bertz CT molecular complexity index is 657. The zero-order chi connectivity index (χ0) is 13.2. The summed E-state index contributed by atoms with van der Waals surface area (Å²) < 4.78 is 5.16. The number of hydrazine groups is 1. The van der Waals surface area contributed by atoms with Crippen LogP contribution in [0.25, 0.3) is 10.2 Å². The largest absolute Gasteiger partial charge is 0.271 e. The van der Waals surface area contributed by atoms with Gasteiger partial charge in [0.15, 0.2) is 0 Å². The minimum Gasteiger partial charge on any atom is -0.271 e. The van der Waals surface area contributed by atoms with Crippen molar-refractivity contribution in [3.63, 3.8) is 0 Å². The molecule has 2 heterocycles. The summed E-state index contributed by atoms with van der Waals surface area (Å²) in [6, 6.07) is 8.16. The van der Waals surface area contributed by atoms with Gasteiger partial charge in [0, 0.05) is 6.42 Å². The Morgan fingerprint density at radius 2 is 2.21 bits per heavy atom. The highest BCUT2D eigenvalue weighted by atomic mass is 32.1. The van der Waals surface area contributed by atoms with E-state index in [0.29, 0.717) is 0 Å². The fraction of sp³-hybridized carbons (Fsp3) is 0.250. The number of aryl methyl sites for hydroxylation is 1. The molecule has 0 radical (unpaired) electrons. The van der Waals surface area contributed by atoms with Gasteiger partial charge in [0.05, 0.1) is 31.8 Å². The van der Waals surface area contributed by atoms with Crippen molar-refractivity contribution in [2.75, 3.05) is 0 Å². The van der Waals surface area contributed by atoms with E-state index < -0.39 is 0 Å². The summed E-state index contributed by atoms with van der Waals surface area (Å²) >= 11 is 3.08. The highest BCUT2D eigenvalue weighted by Gasteiger charge is 2.18. The average Bonchev–Trinajstić information content (AvgIpc) is 3.01. The molecule has 0 bridgehead atoms. The number of benzene rings is 1. The van der Waals surface area contributed by atoms with Crippen LogP contribution in [-0.2, 0) is 6.42 Å². The van der Waals surface area contributed by atoms with E-state index in [1.54, 1.807) is 11.3 Å². The fourth-order valence-corrected chi connectivity index (χ4v) is 3.68. The summed E-state index contributed by atoms with van der Waals surface area (Å²) in [5, 5.41) is 5.09. The lowest BCUT2D eigenvalue weighted by atomic mass is 10.1. The van der Waals surface area contributed by atoms with E-state index >= 15 is 0 Å². The van der Waals surface area contributed by atoms with Crippen molar-refractivity contribution in [1.82, 2.24) is 20.0 Å². The first-order valence-electron chi connectivity index (χ1n) is 5.87. The van der Waals surface area contributed by atoms with E-state index in [-0.39, 0.29) is 6.04 Å². The second-order valence-electron chi connectivity index (χ2n) is 4.22. The Kier molecular flexibility index (Phi) is 3.52. The molecule has 0 amide bonds. The summed E-state index contributed by atoms with van der Waals surface area (Å²) in [5.41, 5.74) is 4.80. The molecule has 1 atom stereocenters. The Hall–Kier alpha value is -1.41. The first-order chi connectivity index (χ1) is 9.28. The number of nitrogens with zero attached hydrogens (tertiary/aromatic N) is 3. The van der Waals surface area contributed by atoms with Gasteiger partial charge < -0.3 is 0 Å². The van der Waals surface area contributed by atoms with Crippen LogP contribution in [0.4, 0.5) is 0 Å². The van der Waals surface area contributed by atoms with Crippen molar-refractivity contribution < 1.29 is 0 Å². The topological polar surface area (TPSA) is 76.7 Å². The van der Waals surface area contributed by atoms with Crippen LogP contribution in [0.1, 0.15) is 21.6 Å². The first-order valence-corrected chi connectivity index (χ1v) is 7.46. The lowest BCUT2D eigenvalue weighted by molar-refractivity contribution is 0.556. The highest BCUT2D eigenvalue weighted by Crippen LogP contribution is 2.27. The van der Waals surface area contributed by atoms with Gasteiger partial charge >= 0.3 is 0 Å². The molecular weight excluding hydrogens is 278 g/mol. The van der Waals surface area contributed by atoms with Crippen LogP contribution >= 0.6 is 22.9 Å². The molecule has 0 saturated heterocycles. The summed E-state index contributed by atoms with van der Waals surface area (Å²) in [6.45, 7) is 1.95. The fourth-order valence-electron chi connectivity index (χ4n) is 1.97. The average molecular weight is 291 g/mol. The molecule has 3 rings (SSSR count). The van der Waals surface area contributed by atoms with Crippen LogP contribution in [0.3, 0.4) is 0 Å². The van der Waals surface area contributed by atoms with E-state index in [4.69, 9.17) is 5.84 Å². The van der Waals surface area contributed by atoms with E-state index in [1.807, 2.05) is 25.1 Å². The molecule has 1 aromatic carbocycles. The van der Waals surface area contributed by atoms with Crippen molar-refractivity contribution in [2.24, 2.45) is 5.84 Å². The van der Waals surface area contributed by atoms with Crippen LogP contribution in [0, 0.1) is 6.92 Å². The monoisotopic (exact) mass is 291 g/mol. The molecule has 1 unspecified atom stereocenters. The lowest BCUT2D eigenvalue weighted by Gasteiger charge is -2.12. The van der Waals surface area contributed by atoms with Crippen molar-refractivity contribution in [3.8, 4) is 0 Å². The summed E-state index contributed by atoms with van der Waals surface area (Å²) in [4.78, 5) is 5.70. The smallest absolute Gasteiger partial charge is 0.0958 e. The number of nitrogens with two attached hydrogens (primary N) is 1. The summed E-state index contributed by atoms with van der Waals surface area (Å²) in [6.07, 6.45) is 0.751. The Balaban J connectivity index is 1.88. The van der Waals surface area contributed by atoms with E-state index in [9.17, 15) is 0 Å². The van der Waals surface area contributed by atoms with E-state index in [0.717, 1.165) is 27.5 Å². The minimum atomic E-state index is 0.0144. The Morgan fingerprint density at radius 1 is 1.37 bits per heavy atom. The second-order valence-corrected chi connectivity index (χ2v) is 6.12. The predicted molar refractivity (Wildman–Crippen MR) is 78.0 cm³/mol. The molecule has 3 N–H and O–H groups in total. The van der Waals surface area contributed by atoms with Gasteiger partial charge in [0.25, 0.3) is 0 Å². The van der Waals surface area contributed by atoms with Gasteiger partial charge in [-0.1, -0.05) is 16.6 Å². The molecule has 19 heavy (non-hydrogen) atoms. The van der Waals surface area contributed by atoms with Gasteiger partial charge in [0.1, 0.15) is 0 Å². The van der Waals surface area contributed by atoms with Crippen LogP contribution in [-0.4, -0.2) is 14.6 Å². The lowest BCUT2D eigenvalue weighted by Crippen LogP contribution is -2.29. The quantitative estimate of drug-likeness (QED) is 0.569. The molecule has 5 nitrogen and oxygen atoms in total. The summed E-state index contributed by atoms with van der Waals surface area (Å²) in [7, 11) is 0. The van der Waals surface area contributed by atoms with Gasteiger partial charge in [-0.15, -0.1) is 16.4 Å². The van der Waals surface area contributed by atoms with Crippen molar-refractivity contribution >= 4 is 33.1 Å². The molecule has 0 saturated carbocycles. The van der Waals surface area contributed by atoms with Gasteiger partial charge in [-0.3, -0.25) is 11.3 Å². The maximum atomic E-state index is 5.65. The third-order valence-corrected chi connectivity index (χ3v) is 4.92. The SMILES string of the molecule is Cc1nnsc1C(Cc1nc2ccccc2s1)NN. The normalized spacial score (nSPS) is 12.9. The number of hydrogen-bond donors (Lipinski definition) is 2. The zero-order valence-electron chi connectivity index (χ0n) is 10.3. The van der Waals surface area contributed by atoms with Crippen molar-refractivity contribution in [1.29, 1.82) is 0 Å². The number of rotatable bonds is 4. The summed E-state index contributed by atoms with van der Waals surface area (Å²) in [5.74, 6) is 5.65. The van der Waals surface area contributed by atoms with Crippen molar-refractivity contribution in [3.05, 3.63) is 39.8 Å². The third-order valence-electron chi connectivity index (χ3n) is 2.92. The van der Waals surface area contributed by atoms with E-state index in [1.165, 1.54) is 16.2 Å². The third kappa shape index (κ3) is 2.50. The first kappa shape index (κ1) is 12.6. The maximum absolute atomic E-state index is 5.65. The number of hydrogen-bond acceptors (Lipinski definition) is 7. The predicted octanol–water partition coefficient (Wildman–Crippen LogP) is 2.20. The van der Waals surface area contributed by atoms with Crippen LogP contribution in [0.15, 0.2) is 24.3 Å². The van der Waals surface area contributed by atoms with Gasteiger partial charge in [-0.25, -0.2) is 4.98 Å². The van der Waals surface area contributed by atoms with Crippen LogP contribution in [0.2, 0.25) is 0 Å². The molecule has 0 aliphatic heterocycles. The highest BCUT2D eigenvalue weighted by molar-refractivity contribution is 7.18. The zero-order valence-corrected chi connectivity index (χ0v) is 12.0. The molecule has 0 fully saturated rings. The number of thiazole rings is 1.